The van der Waals surface area contributed by atoms with Crippen LogP contribution < -0.4 is 0 Å². The Balaban J connectivity index is 2.01. The average molecular weight is 282 g/mol. The van der Waals surface area contributed by atoms with Gasteiger partial charge in [-0.3, -0.25) is 0 Å². The van der Waals surface area contributed by atoms with E-state index in [0.29, 0.717) is 10.7 Å². The van der Waals surface area contributed by atoms with Crippen LogP contribution >= 0.6 is 11.6 Å². The summed E-state index contributed by atoms with van der Waals surface area (Å²) in [6.07, 6.45) is 5.01. The quantitative estimate of drug-likeness (QED) is 0.620. The third-order valence-corrected chi connectivity index (χ3v) is 3.88. The SMILES string of the molecule is CCc1cc(C(=O)OC2CCC(C)CC2)cc(Cl)n1. The van der Waals surface area contributed by atoms with Gasteiger partial charge in [-0.25, -0.2) is 9.78 Å². The van der Waals surface area contributed by atoms with E-state index in [1.54, 1.807) is 12.1 Å². The smallest absolute Gasteiger partial charge is 0.338 e. The van der Waals surface area contributed by atoms with Gasteiger partial charge in [-0.05, 0) is 50.2 Å². The minimum Gasteiger partial charge on any atom is -0.459 e. The van der Waals surface area contributed by atoms with Crippen molar-refractivity contribution < 1.29 is 9.53 Å². The Morgan fingerprint density at radius 2 is 2.05 bits per heavy atom. The van der Waals surface area contributed by atoms with Crippen LogP contribution in [0.4, 0.5) is 0 Å². The third-order valence-electron chi connectivity index (χ3n) is 3.68. The van der Waals surface area contributed by atoms with E-state index in [4.69, 9.17) is 16.3 Å². The molecule has 3 nitrogen and oxygen atoms in total. The first kappa shape index (κ1) is 14.3. The highest BCUT2D eigenvalue weighted by Gasteiger charge is 2.22. The summed E-state index contributed by atoms with van der Waals surface area (Å²) < 4.78 is 5.55. The van der Waals surface area contributed by atoms with E-state index < -0.39 is 0 Å². The van der Waals surface area contributed by atoms with Crippen molar-refractivity contribution in [3.8, 4) is 0 Å². The van der Waals surface area contributed by atoms with Crippen molar-refractivity contribution in [1.29, 1.82) is 0 Å². The lowest BCUT2D eigenvalue weighted by Crippen LogP contribution is -2.23. The highest BCUT2D eigenvalue weighted by Crippen LogP contribution is 2.26. The summed E-state index contributed by atoms with van der Waals surface area (Å²) in [4.78, 5) is 16.3. The van der Waals surface area contributed by atoms with Crippen LogP contribution in [0.3, 0.4) is 0 Å². The topological polar surface area (TPSA) is 39.2 Å². The standard InChI is InChI=1S/C15H20ClNO2/c1-3-12-8-11(9-14(16)17-12)15(18)19-13-6-4-10(2)5-7-13/h8-10,13H,3-7H2,1-2H3. The predicted molar refractivity (Wildman–Crippen MR) is 75.5 cm³/mol. The lowest BCUT2D eigenvalue weighted by atomic mass is 9.89. The zero-order valence-corrected chi connectivity index (χ0v) is 12.2. The van der Waals surface area contributed by atoms with Crippen molar-refractivity contribution >= 4 is 17.6 Å². The van der Waals surface area contributed by atoms with Crippen LogP contribution in [-0.4, -0.2) is 17.1 Å². The van der Waals surface area contributed by atoms with Gasteiger partial charge in [0.25, 0.3) is 0 Å². The average Bonchev–Trinajstić information content (AvgIpc) is 2.40. The van der Waals surface area contributed by atoms with Crippen molar-refractivity contribution in [2.75, 3.05) is 0 Å². The number of carbonyl (C=O) groups excluding carboxylic acids is 1. The molecule has 0 atom stereocenters. The second-order valence-corrected chi connectivity index (χ2v) is 5.70. The van der Waals surface area contributed by atoms with Crippen molar-refractivity contribution in [3.05, 3.63) is 28.5 Å². The summed E-state index contributed by atoms with van der Waals surface area (Å²) in [5.41, 5.74) is 1.33. The van der Waals surface area contributed by atoms with Gasteiger partial charge in [0, 0.05) is 5.69 Å². The lowest BCUT2D eigenvalue weighted by molar-refractivity contribution is 0.0173. The van der Waals surface area contributed by atoms with Gasteiger partial charge >= 0.3 is 5.97 Å². The number of ether oxygens (including phenoxy) is 1. The number of hydrogen-bond donors (Lipinski definition) is 0. The van der Waals surface area contributed by atoms with Crippen LogP contribution in [0.15, 0.2) is 12.1 Å². The zero-order valence-electron chi connectivity index (χ0n) is 11.5. The lowest BCUT2D eigenvalue weighted by Gasteiger charge is -2.26. The molecular formula is C15H20ClNO2. The highest BCUT2D eigenvalue weighted by molar-refractivity contribution is 6.29. The number of pyridine rings is 1. The molecule has 1 aliphatic rings. The molecular weight excluding hydrogens is 262 g/mol. The molecule has 4 heteroatoms. The number of esters is 1. The monoisotopic (exact) mass is 281 g/mol. The maximum Gasteiger partial charge on any atom is 0.338 e. The fourth-order valence-corrected chi connectivity index (χ4v) is 2.64. The minimum atomic E-state index is -0.279. The molecule has 1 fully saturated rings. The molecule has 1 saturated carbocycles. The molecule has 1 aromatic heterocycles. The Labute approximate surface area is 119 Å². The van der Waals surface area contributed by atoms with Crippen molar-refractivity contribution in [3.63, 3.8) is 0 Å². The number of aromatic nitrogens is 1. The summed E-state index contributed by atoms with van der Waals surface area (Å²) >= 11 is 5.92. The molecule has 2 rings (SSSR count). The molecule has 0 spiro atoms. The molecule has 0 aliphatic heterocycles. The molecule has 1 aromatic rings. The maximum atomic E-state index is 12.1. The van der Waals surface area contributed by atoms with E-state index in [1.165, 1.54) is 0 Å². The van der Waals surface area contributed by atoms with Crippen molar-refractivity contribution in [2.45, 2.75) is 52.1 Å². The summed E-state index contributed by atoms with van der Waals surface area (Å²) in [5.74, 6) is 0.468. The highest BCUT2D eigenvalue weighted by atomic mass is 35.5. The van der Waals surface area contributed by atoms with Gasteiger partial charge in [0.1, 0.15) is 11.3 Å². The maximum absolute atomic E-state index is 12.1. The Kier molecular flexibility index (Phi) is 4.81. The van der Waals surface area contributed by atoms with Gasteiger partial charge in [-0.1, -0.05) is 25.4 Å². The number of aryl methyl sites for hydroxylation is 1. The second-order valence-electron chi connectivity index (χ2n) is 5.31. The largest absolute Gasteiger partial charge is 0.459 e. The normalized spacial score (nSPS) is 23.1. The third kappa shape index (κ3) is 3.93. The molecule has 0 saturated heterocycles. The molecule has 104 valence electrons. The van der Waals surface area contributed by atoms with Gasteiger partial charge in [-0.15, -0.1) is 0 Å². The molecule has 1 aliphatic carbocycles. The summed E-state index contributed by atoms with van der Waals surface area (Å²) in [6, 6.07) is 3.34. The summed E-state index contributed by atoms with van der Waals surface area (Å²) in [7, 11) is 0. The molecule has 0 radical (unpaired) electrons. The molecule has 0 N–H and O–H groups in total. The molecule has 0 amide bonds. The number of carbonyl (C=O) groups is 1. The molecule has 0 unspecified atom stereocenters. The van der Waals surface area contributed by atoms with E-state index in [0.717, 1.165) is 43.7 Å². The van der Waals surface area contributed by atoms with Gasteiger partial charge in [0.05, 0.1) is 5.56 Å². The summed E-state index contributed by atoms with van der Waals surface area (Å²) in [5, 5.41) is 0.351. The van der Waals surface area contributed by atoms with E-state index in [9.17, 15) is 4.79 Å². The van der Waals surface area contributed by atoms with Gasteiger partial charge in [0.15, 0.2) is 0 Å². The predicted octanol–water partition coefficient (Wildman–Crippen LogP) is 4.03. The fourth-order valence-electron chi connectivity index (χ4n) is 2.42. The van der Waals surface area contributed by atoms with Crippen LogP contribution in [0.1, 0.15) is 55.6 Å². The first-order valence-corrected chi connectivity index (χ1v) is 7.33. The van der Waals surface area contributed by atoms with Crippen molar-refractivity contribution in [1.82, 2.24) is 4.98 Å². The molecule has 0 bridgehead atoms. The van der Waals surface area contributed by atoms with Gasteiger partial charge in [0.2, 0.25) is 0 Å². The van der Waals surface area contributed by atoms with E-state index in [-0.39, 0.29) is 12.1 Å². The van der Waals surface area contributed by atoms with Crippen LogP contribution in [0.2, 0.25) is 5.15 Å². The van der Waals surface area contributed by atoms with Gasteiger partial charge < -0.3 is 4.74 Å². The Hall–Kier alpha value is -1.09. The Morgan fingerprint density at radius 1 is 1.37 bits per heavy atom. The Bertz CT molecular complexity index is 453. The molecule has 19 heavy (non-hydrogen) atoms. The van der Waals surface area contributed by atoms with Crippen LogP contribution in [0.5, 0.6) is 0 Å². The number of nitrogens with zero attached hydrogens (tertiary/aromatic N) is 1. The van der Waals surface area contributed by atoms with E-state index in [1.807, 2.05) is 6.92 Å². The number of halogens is 1. The van der Waals surface area contributed by atoms with E-state index in [2.05, 4.69) is 11.9 Å². The Morgan fingerprint density at radius 3 is 2.68 bits per heavy atom. The van der Waals surface area contributed by atoms with Gasteiger partial charge in [-0.2, -0.15) is 0 Å². The number of hydrogen-bond acceptors (Lipinski definition) is 3. The minimum absolute atomic E-state index is 0.0562. The van der Waals surface area contributed by atoms with Crippen LogP contribution in [-0.2, 0) is 11.2 Å². The first-order valence-electron chi connectivity index (χ1n) is 6.96. The van der Waals surface area contributed by atoms with E-state index >= 15 is 0 Å². The molecule has 0 aromatic carbocycles. The number of rotatable bonds is 3. The second kappa shape index (κ2) is 6.38. The first-order chi connectivity index (χ1) is 9.08. The van der Waals surface area contributed by atoms with Crippen molar-refractivity contribution in [2.24, 2.45) is 5.92 Å². The van der Waals surface area contributed by atoms with Crippen LogP contribution in [0, 0.1) is 5.92 Å². The zero-order chi connectivity index (χ0) is 13.8. The fraction of sp³-hybridized carbons (Fsp3) is 0.600. The van der Waals surface area contributed by atoms with Crippen LogP contribution in [0.25, 0.3) is 0 Å². The molecule has 1 heterocycles. The summed E-state index contributed by atoms with van der Waals surface area (Å²) in [6.45, 7) is 4.23.